The Bertz CT molecular complexity index is 903. The molecule has 1 aromatic heterocycles. The normalized spacial score (nSPS) is 17.2. The van der Waals surface area contributed by atoms with Gasteiger partial charge >= 0.3 is 0 Å². The summed E-state index contributed by atoms with van der Waals surface area (Å²) < 4.78 is 29.6. The lowest BCUT2D eigenvalue weighted by Crippen LogP contribution is -2.46. The van der Waals surface area contributed by atoms with E-state index in [-0.39, 0.29) is 18.5 Å². The number of amides is 1. The van der Waals surface area contributed by atoms with Crippen LogP contribution < -0.4 is 10.5 Å². The van der Waals surface area contributed by atoms with Gasteiger partial charge in [-0.05, 0) is 38.0 Å². The topological polar surface area (TPSA) is 92.5 Å². The summed E-state index contributed by atoms with van der Waals surface area (Å²) in [5.74, 6) is -0.365. The molecule has 1 aliphatic heterocycles. The van der Waals surface area contributed by atoms with Crippen molar-refractivity contribution in [3.05, 3.63) is 28.1 Å². The molecule has 1 aliphatic rings. The summed E-state index contributed by atoms with van der Waals surface area (Å²) in [4.78, 5) is 14.0. The highest BCUT2D eigenvalue weighted by Crippen LogP contribution is 2.36. The van der Waals surface area contributed by atoms with Gasteiger partial charge in [-0.3, -0.25) is 9.69 Å². The number of carbonyl (C=O) groups excluding carboxylic acids is 1. The third-order valence-corrected chi connectivity index (χ3v) is 7.48. The molecule has 0 radical (unpaired) electrons. The number of carbonyl (C=O) groups is 1. The molecule has 0 atom stereocenters. The van der Waals surface area contributed by atoms with Crippen LogP contribution >= 0.6 is 22.9 Å². The second-order valence-electron chi connectivity index (χ2n) is 6.27. The maximum absolute atomic E-state index is 12.9. The molecule has 2 aromatic rings. The van der Waals surface area contributed by atoms with E-state index in [9.17, 15) is 13.2 Å². The molecule has 0 unspecified atom stereocenters. The zero-order valence-corrected chi connectivity index (χ0v) is 16.2. The highest BCUT2D eigenvalue weighted by molar-refractivity contribution is 7.90. The van der Waals surface area contributed by atoms with Gasteiger partial charge in [0.25, 0.3) is 0 Å². The van der Waals surface area contributed by atoms with E-state index < -0.39 is 10.0 Å². The Hall–Kier alpha value is -1.19. The molecule has 1 amide bonds. The quantitative estimate of drug-likeness (QED) is 0.802. The molecular formula is C16H20ClN3O3S2. The number of halogens is 1. The molecule has 1 fully saturated rings. The van der Waals surface area contributed by atoms with Gasteiger partial charge < -0.3 is 5.73 Å². The minimum atomic E-state index is -3.64. The molecule has 0 aliphatic carbocycles. The molecule has 0 bridgehead atoms. The molecule has 0 spiro atoms. The minimum Gasteiger partial charge on any atom is -0.369 e. The van der Waals surface area contributed by atoms with Crippen LogP contribution in [0.1, 0.15) is 17.7 Å². The van der Waals surface area contributed by atoms with Gasteiger partial charge in [0.1, 0.15) is 4.90 Å². The van der Waals surface area contributed by atoms with Crippen LogP contribution in [0.3, 0.4) is 0 Å². The Labute approximate surface area is 156 Å². The Morgan fingerprint density at radius 1 is 1.40 bits per heavy atom. The molecule has 2 heterocycles. The standard InChI is InChI=1S/C16H20ClN3O3S2/c1-10-16(13-8-11(17)2-3-14(13)24-10)25(22,23)19-12-4-6-20(7-5-12)9-15(18)21/h2-3,8,12,19H,4-7,9H2,1H3,(H2,18,21). The van der Waals surface area contributed by atoms with Crippen molar-refractivity contribution in [1.82, 2.24) is 9.62 Å². The van der Waals surface area contributed by atoms with Crippen LogP contribution in [0.4, 0.5) is 0 Å². The number of piperidine rings is 1. The number of thiophene rings is 1. The first-order valence-corrected chi connectivity index (χ1v) is 10.7. The van der Waals surface area contributed by atoms with Gasteiger partial charge in [-0.15, -0.1) is 11.3 Å². The second kappa shape index (κ2) is 7.20. The maximum atomic E-state index is 12.9. The first-order valence-electron chi connectivity index (χ1n) is 7.98. The van der Waals surface area contributed by atoms with Crippen molar-refractivity contribution < 1.29 is 13.2 Å². The molecule has 3 rings (SSSR count). The number of benzene rings is 1. The van der Waals surface area contributed by atoms with Gasteiger partial charge in [0.05, 0.1) is 6.54 Å². The SMILES string of the molecule is Cc1sc2ccc(Cl)cc2c1S(=O)(=O)NC1CCN(CC(N)=O)CC1. The van der Waals surface area contributed by atoms with E-state index in [0.717, 1.165) is 9.58 Å². The number of hydrogen-bond acceptors (Lipinski definition) is 5. The molecule has 1 aromatic carbocycles. The number of fused-ring (bicyclic) bond motifs is 1. The van der Waals surface area contributed by atoms with Crippen molar-refractivity contribution in [2.24, 2.45) is 5.73 Å². The average molecular weight is 402 g/mol. The summed E-state index contributed by atoms with van der Waals surface area (Å²) in [6.45, 7) is 3.31. The number of nitrogens with two attached hydrogens (primary N) is 1. The lowest BCUT2D eigenvalue weighted by molar-refractivity contribution is -0.119. The average Bonchev–Trinajstić information content (AvgIpc) is 2.84. The monoisotopic (exact) mass is 401 g/mol. The number of primary amides is 1. The number of nitrogens with zero attached hydrogens (tertiary/aromatic N) is 1. The van der Waals surface area contributed by atoms with Crippen LogP contribution in [0.25, 0.3) is 10.1 Å². The number of nitrogens with one attached hydrogen (secondary N) is 1. The molecule has 6 nitrogen and oxygen atoms in total. The molecule has 3 N–H and O–H groups in total. The van der Waals surface area contributed by atoms with Gasteiger partial charge in [-0.1, -0.05) is 11.6 Å². The number of likely N-dealkylation sites (tertiary alicyclic amines) is 1. The third-order valence-electron chi connectivity index (χ3n) is 4.33. The lowest BCUT2D eigenvalue weighted by atomic mass is 10.1. The Morgan fingerprint density at radius 2 is 2.08 bits per heavy atom. The highest BCUT2D eigenvalue weighted by Gasteiger charge is 2.28. The summed E-state index contributed by atoms with van der Waals surface area (Å²) in [5.41, 5.74) is 5.20. The van der Waals surface area contributed by atoms with E-state index in [1.807, 2.05) is 17.9 Å². The molecule has 9 heteroatoms. The number of aryl methyl sites for hydroxylation is 1. The minimum absolute atomic E-state index is 0.150. The Kier molecular flexibility index (Phi) is 5.36. The predicted molar refractivity (Wildman–Crippen MR) is 101 cm³/mol. The first kappa shape index (κ1) is 18.6. The van der Waals surface area contributed by atoms with Crippen molar-refractivity contribution in [3.8, 4) is 0 Å². The van der Waals surface area contributed by atoms with Gasteiger partial charge in [0.15, 0.2) is 0 Å². The lowest BCUT2D eigenvalue weighted by Gasteiger charge is -2.31. The van der Waals surface area contributed by atoms with Gasteiger partial charge in [-0.25, -0.2) is 13.1 Å². The Morgan fingerprint density at radius 3 is 2.72 bits per heavy atom. The van der Waals surface area contributed by atoms with Gasteiger partial charge in [0, 0.05) is 39.1 Å². The Balaban J connectivity index is 1.78. The number of hydrogen-bond donors (Lipinski definition) is 2. The highest BCUT2D eigenvalue weighted by atomic mass is 35.5. The first-order chi connectivity index (χ1) is 11.8. The predicted octanol–water partition coefficient (Wildman–Crippen LogP) is 2.09. The molecule has 0 saturated carbocycles. The van der Waals surface area contributed by atoms with E-state index in [1.165, 1.54) is 11.3 Å². The third kappa shape index (κ3) is 4.15. The van der Waals surface area contributed by atoms with Crippen LogP contribution in [-0.4, -0.2) is 44.9 Å². The van der Waals surface area contributed by atoms with Crippen molar-refractivity contribution in [2.75, 3.05) is 19.6 Å². The molecule has 25 heavy (non-hydrogen) atoms. The van der Waals surface area contributed by atoms with Crippen LogP contribution in [0.2, 0.25) is 5.02 Å². The summed E-state index contributed by atoms with van der Waals surface area (Å²) in [7, 11) is -3.64. The van der Waals surface area contributed by atoms with Gasteiger partial charge in [-0.2, -0.15) is 0 Å². The number of rotatable bonds is 5. The zero-order valence-electron chi connectivity index (χ0n) is 13.8. The molecule has 136 valence electrons. The van der Waals surface area contributed by atoms with E-state index in [1.54, 1.807) is 12.1 Å². The summed E-state index contributed by atoms with van der Waals surface area (Å²) in [6.07, 6.45) is 1.29. The molecular weight excluding hydrogens is 382 g/mol. The van der Waals surface area contributed by atoms with E-state index in [2.05, 4.69) is 4.72 Å². The van der Waals surface area contributed by atoms with Crippen molar-refractivity contribution >= 4 is 49.0 Å². The fraction of sp³-hybridized carbons (Fsp3) is 0.438. The fourth-order valence-corrected chi connectivity index (χ4v) is 6.47. The summed E-state index contributed by atoms with van der Waals surface area (Å²) in [6, 6.07) is 5.15. The van der Waals surface area contributed by atoms with E-state index in [4.69, 9.17) is 17.3 Å². The number of sulfonamides is 1. The smallest absolute Gasteiger partial charge is 0.242 e. The van der Waals surface area contributed by atoms with Crippen molar-refractivity contribution in [2.45, 2.75) is 30.7 Å². The summed E-state index contributed by atoms with van der Waals surface area (Å²) >= 11 is 7.49. The van der Waals surface area contributed by atoms with Crippen LogP contribution in [-0.2, 0) is 14.8 Å². The van der Waals surface area contributed by atoms with Crippen molar-refractivity contribution in [3.63, 3.8) is 0 Å². The maximum Gasteiger partial charge on any atom is 0.242 e. The second-order valence-corrected chi connectivity index (χ2v) is 9.61. The fourth-order valence-electron chi connectivity index (χ4n) is 3.21. The zero-order chi connectivity index (χ0) is 18.2. The van der Waals surface area contributed by atoms with Crippen LogP contribution in [0.5, 0.6) is 0 Å². The van der Waals surface area contributed by atoms with Crippen molar-refractivity contribution in [1.29, 1.82) is 0 Å². The van der Waals surface area contributed by atoms with Gasteiger partial charge in [0.2, 0.25) is 15.9 Å². The largest absolute Gasteiger partial charge is 0.369 e. The summed E-state index contributed by atoms with van der Waals surface area (Å²) in [5, 5.41) is 1.18. The van der Waals surface area contributed by atoms with E-state index in [0.29, 0.717) is 41.2 Å². The van der Waals surface area contributed by atoms with Crippen LogP contribution in [0, 0.1) is 6.92 Å². The van der Waals surface area contributed by atoms with E-state index >= 15 is 0 Å². The molecule has 1 saturated heterocycles. The van der Waals surface area contributed by atoms with Crippen LogP contribution in [0.15, 0.2) is 23.1 Å².